The van der Waals surface area contributed by atoms with Crippen LogP contribution in [0.2, 0.25) is 10.0 Å². The van der Waals surface area contributed by atoms with Gasteiger partial charge in [0.05, 0.1) is 16.1 Å². The van der Waals surface area contributed by atoms with E-state index in [-0.39, 0.29) is 25.1 Å². The Labute approximate surface area is 180 Å². The van der Waals surface area contributed by atoms with E-state index in [4.69, 9.17) is 32.9 Å². The van der Waals surface area contributed by atoms with Crippen LogP contribution >= 0.6 is 23.2 Å². The molecule has 2 heterocycles. The van der Waals surface area contributed by atoms with Crippen LogP contribution in [0.1, 0.15) is 32.0 Å². The standard InChI is InChI=1S/C22H23Cl2N3O2/c1-15-6-4-5-11-26(15)22(28)13-27-19-8-3-2-7-18(19)25-21(27)14-29-20-10-9-16(23)12-17(20)24/h2-3,7-10,12,15H,4-6,11,13-14H2,1H3. The monoisotopic (exact) mass is 431 g/mol. The summed E-state index contributed by atoms with van der Waals surface area (Å²) in [6, 6.07) is 13.2. The van der Waals surface area contributed by atoms with Crippen LogP contribution in [-0.2, 0) is 17.9 Å². The van der Waals surface area contributed by atoms with E-state index < -0.39 is 0 Å². The fourth-order valence-corrected chi connectivity index (χ4v) is 4.30. The SMILES string of the molecule is CC1CCCCN1C(=O)Cn1c(COc2ccc(Cl)cc2Cl)nc2ccccc21. The Kier molecular flexibility index (Phi) is 5.97. The van der Waals surface area contributed by atoms with E-state index in [2.05, 4.69) is 6.92 Å². The highest BCUT2D eigenvalue weighted by molar-refractivity contribution is 6.35. The van der Waals surface area contributed by atoms with Gasteiger partial charge in [0.1, 0.15) is 24.7 Å². The molecule has 0 aliphatic carbocycles. The highest BCUT2D eigenvalue weighted by atomic mass is 35.5. The van der Waals surface area contributed by atoms with Crippen LogP contribution in [0.4, 0.5) is 0 Å². The van der Waals surface area contributed by atoms with Gasteiger partial charge >= 0.3 is 0 Å². The molecule has 1 aromatic heterocycles. The van der Waals surface area contributed by atoms with Crippen LogP contribution in [-0.4, -0.2) is 32.9 Å². The molecule has 1 aliphatic rings. The predicted octanol–water partition coefficient (Wildman–Crippen LogP) is 5.32. The molecular formula is C22H23Cl2N3O2. The van der Waals surface area contributed by atoms with Crippen molar-refractivity contribution in [1.29, 1.82) is 0 Å². The molecule has 0 spiro atoms. The Morgan fingerprint density at radius 3 is 2.83 bits per heavy atom. The van der Waals surface area contributed by atoms with Gasteiger partial charge in [0.2, 0.25) is 5.91 Å². The number of nitrogens with zero attached hydrogens (tertiary/aromatic N) is 3. The normalized spacial score (nSPS) is 16.9. The van der Waals surface area contributed by atoms with Crippen LogP contribution in [0.15, 0.2) is 42.5 Å². The van der Waals surface area contributed by atoms with Crippen molar-refractivity contribution in [2.75, 3.05) is 6.54 Å². The lowest BCUT2D eigenvalue weighted by atomic mass is 10.0. The number of likely N-dealkylation sites (tertiary alicyclic amines) is 1. The maximum atomic E-state index is 13.0. The average Bonchev–Trinajstić information content (AvgIpc) is 3.05. The Morgan fingerprint density at radius 1 is 1.21 bits per heavy atom. The highest BCUT2D eigenvalue weighted by Crippen LogP contribution is 2.28. The molecule has 4 rings (SSSR count). The molecule has 29 heavy (non-hydrogen) atoms. The van der Waals surface area contributed by atoms with Crippen molar-refractivity contribution in [3.63, 3.8) is 0 Å². The molecule has 5 nitrogen and oxygen atoms in total. The Balaban J connectivity index is 1.59. The molecule has 1 aliphatic heterocycles. The number of hydrogen-bond acceptors (Lipinski definition) is 3. The lowest BCUT2D eigenvalue weighted by Gasteiger charge is -2.33. The smallest absolute Gasteiger partial charge is 0.242 e. The van der Waals surface area contributed by atoms with Gasteiger partial charge in [-0.25, -0.2) is 4.98 Å². The van der Waals surface area contributed by atoms with E-state index in [1.54, 1.807) is 18.2 Å². The molecule has 152 valence electrons. The summed E-state index contributed by atoms with van der Waals surface area (Å²) in [4.78, 5) is 19.7. The van der Waals surface area contributed by atoms with Gasteiger partial charge < -0.3 is 14.2 Å². The second-order valence-electron chi connectivity index (χ2n) is 7.40. The molecule has 1 unspecified atom stereocenters. The van der Waals surface area contributed by atoms with E-state index >= 15 is 0 Å². The van der Waals surface area contributed by atoms with Crippen LogP contribution < -0.4 is 4.74 Å². The number of para-hydroxylation sites is 2. The summed E-state index contributed by atoms with van der Waals surface area (Å²) in [5.41, 5.74) is 1.76. The first-order chi connectivity index (χ1) is 14.0. The number of benzene rings is 2. The molecule has 3 aromatic rings. The van der Waals surface area contributed by atoms with E-state index in [9.17, 15) is 4.79 Å². The molecule has 0 N–H and O–H groups in total. The minimum Gasteiger partial charge on any atom is -0.484 e. The fraction of sp³-hybridized carbons (Fsp3) is 0.364. The first kappa shape index (κ1) is 20.0. The number of piperidine rings is 1. The molecular weight excluding hydrogens is 409 g/mol. The van der Waals surface area contributed by atoms with Crippen LogP contribution in [0.25, 0.3) is 11.0 Å². The Bertz CT molecular complexity index is 1030. The molecule has 0 bridgehead atoms. The third kappa shape index (κ3) is 4.36. The fourth-order valence-electron chi connectivity index (χ4n) is 3.84. The van der Waals surface area contributed by atoms with Gasteiger partial charge in [-0.1, -0.05) is 35.3 Å². The second-order valence-corrected chi connectivity index (χ2v) is 8.24. The Hall–Kier alpha value is -2.24. The molecule has 0 saturated carbocycles. The number of aromatic nitrogens is 2. The number of amides is 1. The summed E-state index contributed by atoms with van der Waals surface area (Å²) in [6.07, 6.45) is 3.30. The van der Waals surface area contributed by atoms with E-state index in [0.717, 1.165) is 30.4 Å². The van der Waals surface area contributed by atoms with E-state index in [1.807, 2.05) is 33.7 Å². The van der Waals surface area contributed by atoms with Crippen LogP contribution in [0, 0.1) is 0 Å². The van der Waals surface area contributed by atoms with Gasteiger partial charge in [-0.05, 0) is 56.5 Å². The van der Waals surface area contributed by atoms with Gasteiger partial charge in [-0.3, -0.25) is 4.79 Å². The highest BCUT2D eigenvalue weighted by Gasteiger charge is 2.24. The molecule has 1 amide bonds. The van der Waals surface area contributed by atoms with Crippen molar-refractivity contribution in [2.24, 2.45) is 0 Å². The lowest BCUT2D eigenvalue weighted by Crippen LogP contribution is -2.43. The van der Waals surface area contributed by atoms with Crippen molar-refractivity contribution in [3.8, 4) is 5.75 Å². The zero-order chi connectivity index (χ0) is 20.4. The third-order valence-corrected chi connectivity index (χ3v) is 5.93. The Morgan fingerprint density at radius 2 is 2.03 bits per heavy atom. The van der Waals surface area contributed by atoms with Gasteiger partial charge in [0.15, 0.2) is 0 Å². The van der Waals surface area contributed by atoms with Gasteiger partial charge in [0.25, 0.3) is 0 Å². The van der Waals surface area contributed by atoms with Crippen molar-refractivity contribution in [1.82, 2.24) is 14.5 Å². The number of imidazole rings is 1. The predicted molar refractivity (Wildman–Crippen MR) is 116 cm³/mol. The van der Waals surface area contributed by atoms with Gasteiger partial charge in [-0.2, -0.15) is 0 Å². The van der Waals surface area contributed by atoms with Gasteiger partial charge in [-0.15, -0.1) is 0 Å². The summed E-state index contributed by atoms with van der Waals surface area (Å²) in [5.74, 6) is 1.34. The minimum absolute atomic E-state index is 0.117. The largest absolute Gasteiger partial charge is 0.484 e. The van der Waals surface area contributed by atoms with Crippen molar-refractivity contribution in [3.05, 3.63) is 58.3 Å². The van der Waals surface area contributed by atoms with Crippen molar-refractivity contribution < 1.29 is 9.53 Å². The molecule has 7 heteroatoms. The number of rotatable bonds is 5. The number of ether oxygens (including phenoxy) is 1. The molecule has 1 fully saturated rings. The lowest BCUT2D eigenvalue weighted by molar-refractivity contribution is -0.135. The number of hydrogen-bond donors (Lipinski definition) is 0. The molecule has 2 aromatic carbocycles. The van der Waals surface area contributed by atoms with Crippen molar-refractivity contribution >= 4 is 40.1 Å². The van der Waals surface area contributed by atoms with E-state index in [1.165, 1.54) is 6.42 Å². The zero-order valence-corrected chi connectivity index (χ0v) is 17.8. The quantitative estimate of drug-likeness (QED) is 0.548. The first-order valence-corrected chi connectivity index (χ1v) is 10.6. The third-order valence-electron chi connectivity index (χ3n) is 5.40. The maximum Gasteiger partial charge on any atom is 0.242 e. The molecule has 0 radical (unpaired) electrons. The first-order valence-electron chi connectivity index (χ1n) is 9.84. The summed E-state index contributed by atoms with van der Waals surface area (Å²) in [5, 5.41) is 0.995. The molecule has 1 saturated heterocycles. The number of carbonyl (C=O) groups is 1. The number of fused-ring (bicyclic) bond motifs is 1. The average molecular weight is 432 g/mol. The van der Waals surface area contributed by atoms with Crippen molar-refractivity contribution in [2.45, 2.75) is 45.4 Å². The van der Waals surface area contributed by atoms with E-state index in [0.29, 0.717) is 21.6 Å². The van der Waals surface area contributed by atoms with Gasteiger partial charge in [0, 0.05) is 17.6 Å². The second kappa shape index (κ2) is 8.64. The van der Waals surface area contributed by atoms with Crippen LogP contribution in [0.5, 0.6) is 5.75 Å². The van der Waals surface area contributed by atoms with Crippen LogP contribution in [0.3, 0.4) is 0 Å². The maximum absolute atomic E-state index is 13.0. The summed E-state index contributed by atoms with van der Waals surface area (Å²) >= 11 is 12.2. The number of halogens is 2. The summed E-state index contributed by atoms with van der Waals surface area (Å²) < 4.78 is 7.84. The topological polar surface area (TPSA) is 47.4 Å². The summed E-state index contributed by atoms with van der Waals surface area (Å²) in [7, 11) is 0. The minimum atomic E-state index is 0.117. The number of carbonyl (C=O) groups excluding carboxylic acids is 1. The molecule has 1 atom stereocenters. The zero-order valence-electron chi connectivity index (χ0n) is 16.3. The summed E-state index contributed by atoms with van der Waals surface area (Å²) in [6.45, 7) is 3.39.